The predicted octanol–water partition coefficient (Wildman–Crippen LogP) is 1.52. The molecule has 0 spiro atoms. The van der Waals surface area contributed by atoms with Gasteiger partial charge in [-0.1, -0.05) is 19.9 Å². The van der Waals surface area contributed by atoms with Crippen LogP contribution in [0.5, 0.6) is 0 Å². The summed E-state index contributed by atoms with van der Waals surface area (Å²) in [6.07, 6.45) is 2.63. The van der Waals surface area contributed by atoms with Gasteiger partial charge in [-0.25, -0.2) is 4.79 Å². The first kappa shape index (κ1) is 12.7. The maximum atomic E-state index is 11.7. The molecule has 1 unspecified atom stereocenters. The normalized spacial score (nSPS) is 22.6. The first-order valence-corrected chi connectivity index (χ1v) is 5.60. The van der Waals surface area contributed by atoms with Crippen molar-refractivity contribution in [1.82, 2.24) is 4.90 Å². The van der Waals surface area contributed by atoms with Crippen molar-refractivity contribution < 1.29 is 14.7 Å². The van der Waals surface area contributed by atoms with Crippen molar-refractivity contribution >= 4 is 11.9 Å². The first-order chi connectivity index (χ1) is 7.45. The van der Waals surface area contributed by atoms with Crippen LogP contribution in [0.3, 0.4) is 0 Å². The zero-order valence-corrected chi connectivity index (χ0v) is 9.85. The van der Waals surface area contributed by atoms with Crippen molar-refractivity contribution in [1.29, 1.82) is 0 Å². The quantitative estimate of drug-likeness (QED) is 0.722. The fraction of sp³-hybridized carbons (Fsp3) is 0.667. The number of carbonyl (C=O) groups is 2. The van der Waals surface area contributed by atoms with E-state index in [0.29, 0.717) is 19.4 Å². The van der Waals surface area contributed by atoms with Gasteiger partial charge in [0, 0.05) is 18.9 Å². The molecule has 0 aromatic carbocycles. The highest BCUT2D eigenvalue weighted by atomic mass is 16.4. The van der Waals surface area contributed by atoms with Crippen LogP contribution in [-0.2, 0) is 9.59 Å². The van der Waals surface area contributed by atoms with E-state index in [1.165, 1.54) is 4.90 Å². The van der Waals surface area contributed by atoms with Gasteiger partial charge in [0.25, 0.3) is 0 Å². The number of carboxylic acid groups (broad SMARTS) is 1. The van der Waals surface area contributed by atoms with Crippen molar-refractivity contribution in [2.75, 3.05) is 6.54 Å². The molecule has 1 N–H and O–H groups in total. The second kappa shape index (κ2) is 5.14. The Balaban J connectivity index is 2.75. The number of hydrogen-bond acceptors (Lipinski definition) is 2. The maximum absolute atomic E-state index is 11.7. The van der Waals surface area contributed by atoms with Crippen molar-refractivity contribution in [3.63, 3.8) is 0 Å². The average Bonchev–Trinajstić information content (AvgIpc) is 2.55. The van der Waals surface area contributed by atoms with Gasteiger partial charge in [0.2, 0.25) is 5.91 Å². The smallest absolute Gasteiger partial charge is 0.326 e. The van der Waals surface area contributed by atoms with E-state index in [1.807, 2.05) is 13.8 Å². The van der Waals surface area contributed by atoms with Crippen molar-refractivity contribution in [3.8, 4) is 0 Å². The van der Waals surface area contributed by atoms with E-state index in [0.717, 1.165) is 0 Å². The molecule has 1 aliphatic heterocycles. The fourth-order valence-electron chi connectivity index (χ4n) is 2.03. The van der Waals surface area contributed by atoms with E-state index >= 15 is 0 Å². The molecule has 1 aliphatic rings. The highest BCUT2D eigenvalue weighted by Gasteiger charge is 2.36. The second-order valence-corrected chi connectivity index (χ2v) is 4.73. The highest BCUT2D eigenvalue weighted by Crippen LogP contribution is 2.23. The number of rotatable bonds is 5. The van der Waals surface area contributed by atoms with E-state index in [2.05, 4.69) is 6.58 Å². The summed E-state index contributed by atoms with van der Waals surface area (Å²) in [6.45, 7) is 8.06. The lowest BCUT2D eigenvalue weighted by Crippen LogP contribution is -2.43. The average molecular weight is 225 g/mol. The Kier molecular flexibility index (Phi) is 4.10. The van der Waals surface area contributed by atoms with Crippen LogP contribution in [0.25, 0.3) is 0 Å². The first-order valence-electron chi connectivity index (χ1n) is 5.60. The van der Waals surface area contributed by atoms with Gasteiger partial charge in [0.15, 0.2) is 0 Å². The minimum Gasteiger partial charge on any atom is -0.480 e. The molecule has 4 nitrogen and oxygen atoms in total. The van der Waals surface area contributed by atoms with Crippen LogP contribution >= 0.6 is 0 Å². The summed E-state index contributed by atoms with van der Waals surface area (Å²) < 4.78 is 0. The van der Waals surface area contributed by atoms with Crippen LogP contribution in [0, 0.1) is 11.8 Å². The lowest BCUT2D eigenvalue weighted by atomic mass is 10.0. The van der Waals surface area contributed by atoms with E-state index < -0.39 is 12.0 Å². The Labute approximate surface area is 95.9 Å². The van der Waals surface area contributed by atoms with Gasteiger partial charge < -0.3 is 10.0 Å². The third-order valence-electron chi connectivity index (χ3n) is 2.88. The molecule has 0 radical (unpaired) electrons. The standard InChI is InChI=1S/C12H19NO3/c1-4-9-6-11(14)13(7-9)10(12(15)16)5-8(2)3/h4,8-10H,1,5-7H2,2-3H3,(H,15,16)/t9?,10-/m0/s1. The summed E-state index contributed by atoms with van der Waals surface area (Å²) in [5, 5.41) is 9.14. The molecule has 1 saturated heterocycles. The fourth-order valence-corrected chi connectivity index (χ4v) is 2.03. The maximum Gasteiger partial charge on any atom is 0.326 e. The molecule has 1 fully saturated rings. The third-order valence-corrected chi connectivity index (χ3v) is 2.88. The summed E-state index contributed by atoms with van der Waals surface area (Å²) >= 11 is 0. The van der Waals surface area contributed by atoms with Crippen LogP contribution in [0.15, 0.2) is 12.7 Å². The molecular weight excluding hydrogens is 206 g/mol. The minimum absolute atomic E-state index is 0.0713. The molecule has 1 heterocycles. The van der Waals surface area contributed by atoms with E-state index in [1.54, 1.807) is 6.08 Å². The highest BCUT2D eigenvalue weighted by molar-refractivity contribution is 5.85. The molecule has 2 atom stereocenters. The van der Waals surface area contributed by atoms with Gasteiger partial charge in [-0.15, -0.1) is 6.58 Å². The van der Waals surface area contributed by atoms with Crippen molar-refractivity contribution in [2.45, 2.75) is 32.7 Å². The topological polar surface area (TPSA) is 57.6 Å². The second-order valence-electron chi connectivity index (χ2n) is 4.73. The van der Waals surface area contributed by atoms with Crippen molar-refractivity contribution in [3.05, 3.63) is 12.7 Å². The number of likely N-dealkylation sites (tertiary alicyclic amines) is 1. The number of hydrogen-bond donors (Lipinski definition) is 1. The third kappa shape index (κ3) is 2.84. The van der Waals surface area contributed by atoms with E-state index in [-0.39, 0.29) is 17.7 Å². The molecule has 4 heteroatoms. The van der Waals surface area contributed by atoms with Gasteiger partial charge in [-0.3, -0.25) is 4.79 Å². The van der Waals surface area contributed by atoms with Gasteiger partial charge in [-0.05, 0) is 12.3 Å². The van der Waals surface area contributed by atoms with Gasteiger partial charge in [0.05, 0.1) is 0 Å². The number of carboxylic acids is 1. The monoisotopic (exact) mass is 225 g/mol. The molecule has 1 amide bonds. The predicted molar refractivity (Wildman–Crippen MR) is 60.9 cm³/mol. The Morgan fingerprint density at radius 2 is 2.31 bits per heavy atom. The number of aliphatic carboxylic acids is 1. The van der Waals surface area contributed by atoms with Crippen LogP contribution in [0.2, 0.25) is 0 Å². The Morgan fingerprint density at radius 1 is 1.69 bits per heavy atom. The molecule has 1 rings (SSSR count). The molecule has 0 aromatic rings. The Morgan fingerprint density at radius 3 is 2.69 bits per heavy atom. The van der Waals surface area contributed by atoms with Gasteiger partial charge in [0.1, 0.15) is 6.04 Å². The van der Waals surface area contributed by atoms with E-state index in [4.69, 9.17) is 5.11 Å². The number of amides is 1. The van der Waals surface area contributed by atoms with Crippen LogP contribution < -0.4 is 0 Å². The van der Waals surface area contributed by atoms with Crippen LogP contribution in [-0.4, -0.2) is 34.5 Å². The van der Waals surface area contributed by atoms with Crippen LogP contribution in [0.4, 0.5) is 0 Å². The molecule has 0 saturated carbocycles. The molecule has 16 heavy (non-hydrogen) atoms. The minimum atomic E-state index is -0.910. The number of nitrogens with zero attached hydrogens (tertiary/aromatic N) is 1. The largest absolute Gasteiger partial charge is 0.480 e. The number of carbonyl (C=O) groups excluding carboxylic acids is 1. The molecule has 0 aromatic heterocycles. The zero-order chi connectivity index (χ0) is 12.3. The lowest BCUT2D eigenvalue weighted by molar-refractivity contribution is -0.149. The lowest BCUT2D eigenvalue weighted by Gasteiger charge is -2.25. The molecule has 90 valence electrons. The summed E-state index contributed by atoms with van der Waals surface area (Å²) in [7, 11) is 0. The summed E-state index contributed by atoms with van der Waals surface area (Å²) in [5.74, 6) is -0.622. The Bertz CT molecular complexity index is 299. The van der Waals surface area contributed by atoms with Gasteiger partial charge >= 0.3 is 5.97 Å². The molecular formula is C12H19NO3. The summed E-state index contributed by atoms with van der Waals surface area (Å²) in [5.41, 5.74) is 0. The molecule has 0 bridgehead atoms. The van der Waals surface area contributed by atoms with Crippen LogP contribution in [0.1, 0.15) is 26.7 Å². The van der Waals surface area contributed by atoms with E-state index in [9.17, 15) is 9.59 Å². The summed E-state index contributed by atoms with van der Waals surface area (Å²) in [6, 6.07) is -0.683. The van der Waals surface area contributed by atoms with Gasteiger partial charge in [-0.2, -0.15) is 0 Å². The summed E-state index contributed by atoms with van der Waals surface area (Å²) in [4.78, 5) is 24.3. The van der Waals surface area contributed by atoms with Crippen molar-refractivity contribution in [2.24, 2.45) is 11.8 Å². The Hall–Kier alpha value is -1.32. The SMILES string of the molecule is C=CC1CC(=O)N([C@@H](CC(C)C)C(=O)O)C1. The molecule has 0 aliphatic carbocycles. The zero-order valence-electron chi connectivity index (χ0n) is 9.85.